The van der Waals surface area contributed by atoms with Gasteiger partial charge in [0.05, 0.1) is 25.3 Å². The van der Waals surface area contributed by atoms with Crippen LogP contribution in [0, 0.1) is 0 Å². The monoisotopic (exact) mass is 371 g/mol. The van der Waals surface area contributed by atoms with Crippen molar-refractivity contribution in [2.24, 2.45) is 0 Å². The lowest BCUT2D eigenvalue weighted by Gasteiger charge is -2.13. The fourth-order valence-electron chi connectivity index (χ4n) is 2.99. The van der Waals surface area contributed by atoms with Gasteiger partial charge in [-0.2, -0.15) is 0 Å². The molecule has 1 aromatic carbocycles. The Hall–Kier alpha value is -2.56. The van der Waals surface area contributed by atoms with Gasteiger partial charge in [-0.15, -0.1) is 0 Å². The summed E-state index contributed by atoms with van der Waals surface area (Å²) in [6.07, 6.45) is 2.90. The number of nitrogens with zero attached hydrogens (tertiary/aromatic N) is 1. The van der Waals surface area contributed by atoms with Crippen LogP contribution < -0.4 is 4.74 Å². The van der Waals surface area contributed by atoms with Gasteiger partial charge in [-0.25, -0.2) is 0 Å². The quantitative estimate of drug-likeness (QED) is 0.433. The Bertz CT molecular complexity index is 746. The average molecular weight is 371 g/mol. The maximum atomic E-state index is 13.0. The number of ether oxygens (including phenoxy) is 2. The molecule has 0 unspecified atom stereocenters. The van der Waals surface area contributed by atoms with E-state index in [1.807, 2.05) is 35.8 Å². The number of aryl methyl sites for hydroxylation is 1. The highest BCUT2D eigenvalue weighted by Crippen LogP contribution is 2.19. The standard InChI is InChI=1S/C22H29NO4/c1-4-7-16-23-18(11-15-21(24)27-6-3)10-14-20(23)22(25)17-8-12-19(13-9-17)26-5-2/h8-10,12-14H,4-7,11,15-16H2,1-3H3. The predicted molar refractivity (Wildman–Crippen MR) is 105 cm³/mol. The summed E-state index contributed by atoms with van der Waals surface area (Å²) >= 11 is 0. The second kappa shape index (κ2) is 10.6. The molecule has 5 nitrogen and oxygen atoms in total. The molecule has 0 N–H and O–H groups in total. The molecule has 1 aromatic heterocycles. The largest absolute Gasteiger partial charge is 0.494 e. The molecule has 146 valence electrons. The van der Waals surface area contributed by atoms with E-state index in [2.05, 4.69) is 6.92 Å². The zero-order chi connectivity index (χ0) is 19.6. The molecule has 0 fully saturated rings. The zero-order valence-electron chi connectivity index (χ0n) is 16.5. The van der Waals surface area contributed by atoms with Crippen LogP contribution in [0.15, 0.2) is 36.4 Å². The summed E-state index contributed by atoms with van der Waals surface area (Å²) in [6.45, 7) is 7.59. The van der Waals surface area contributed by atoms with Crippen LogP contribution in [0.25, 0.3) is 0 Å². The number of carbonyl (C=O) groups is 2. The zero-order valence-corrected chi connectivity index (χ0v) is 16.5. The fraction of sp³-hybridized carbons (Fsp3) is 0.455. The Morgan fingerprint density at radius 3 is 2.33 bits per heavy atom. The highest BCUT2D eigenvalue weighted by atomic mass is 16.5. The van der Waals surface area contributed by atoms with E-state index in [0.717, 1.165) is 30.8 Å². The van der Waals surface area contributed by atoms with Gasteiger partial charge in [0.2, 0.25) is 5.78 Å². The molecular weight excluding hydrogens is 342 g/mol. The first kappa shape index (κ1) is 20.7. The number of hydrogen-bond acceptors (Lipinski definition) is 4. The van der Waals surface area contributed by atoms with Crippen LogP contribution in [0.2, 0.25) is 0 Å². The molecule has 0 atom stereocenters. The Labute approximate surface area is 161 Å². The Balaban J connectivity index is 2.21. The van der Waals surface area contributed by atoms with Gasteiger partial charge in [0, 0.05) is 17.8 Å². The molecule has 0 amide bonds. The maximum Gasteiger partial charge on any atom is 0.306 e. The minimum Gasteiger partial charge on any atom is -0.494 e. The maximum absolute atomic E-state index is 13.0. The third-order valence-electron chi connectivity index (χ3n) is 4.36. The van der Waals surface area contributed by atoms with Crippen molar-refractivity contribution in [1.29, 1.82) is 0 Å². The van der Waals surface area contributed by atoms with Crippen molar-refractivity contribution in [2.75, 3.05) is 13.2 Å². The minimum absolute atomic E-state index is 0.0171. The number of ketones is 1. The van der Waals surface area contributed by atoms with Crippen molar-refractivity contribution >= 4 is 11.8 Å². The van der Waals surface area contributed by atoms with Crippen LogP contribution in [0.3, 0.4) is 0 Å². The Kier molecular flexibility index (Phi) is 8.11. The van der Waals surface area contributed by atoms with Crippen molar-refractivity contribution in [2.45, 2.75) is 53.0 Å². The van der Waals surface area contributed by atoms with Crippen LogP contribution >= 0.6 is 0 Å². The van der Waals surface area contributed by atoms with Gasteiger partial charge in [-0.3, -0.25) is 9.59 Å². The summed E-state index contributed by atoms with van der Waals surface area (Å²) in [5.74, 6) is 0.530. The van der Waals surface area contributed by atoms with Crippen molar-refractivity contribution in [3.63, 3.8) is 0 Å². The van der Waals surface area contributed by atoms with Gasteiger partial charge in [0.15, 0.2) is 0 Å². The van der Waals surface area contributed by atoms with E-state index < -0.39 is 0 Å². The molecule has 0 saturated heterocycles. The lowest BCUT2D eigenvalue weighted by Crippen LogP contribution is -2.14. The van der Waals surface area contributed by atoms with Crippen molar-refractivity contribution < 1.29 is 19.1 Å². The summed E-state index contributed by atoms with van der Waals surface area (Å²) in [6, 6.07) is 11.0. The summed E-state index contributed by atoms with van der Waals surface area (Å²) in [7, 11) is 0. The number of carbonyl (C=O) groups excluding carboxylic acids is 2. The predicted octanol–water partition coefficient (Wildman–Crippen LogP) is 4.41. The normalized spacial score (nSPS) is 10.6. The second-order valence-corrected chi connectivity index (χ2v) is 6.31. The highest BCUT2D eigenvalue weighted by molar-refractivity contribution is 6.08. The lowest BCUT2D eigenvalue weighted by atomic mass is 10.1. The molecule has 2 rings (SSSR count). The molecule has 0 aliphatic heterocycles. The first-order valence-electron chi connectivity index (χ1n) is 9.72. The number of unbranched alkanes of at least 4 members (excludes halogenated alkanes) is 1. The van der Waals surface area contributed by atoms with E-state index >= 15 is 0 Å². The summed E-state index contributed by atoms with van der Waals surface area (Å²) in [5.41, 5.74) is 2.28. The number of benzene rings is 1. The molecule has 0 aliphatic rings. The first-order valence-corrected chi connectivity index (χ1v) is 9.72. The van der Waals surface area contributed by atoms with Crippen molar-refractivity contribution in [3.8, 4) is 5.75 Å². The van der Waals surface area contributed by atoms with E-state index in [1.165, 1.54) is 0 Å². The Morgan fingerprint density at radius 1 is 0.963 bits per heavy atom. The van der Waals surface area contributed by atoms with Crippen LogP contribution in [0.4, 0.5) is 0 Å². The van der Waals surface area contributed by atoms with E-state index in [9.17, 15) is 9.59 Å². The summed E-state index contributed by atoms with van der Waals surface area (Å²) < 4.78 is 12.5. The smallest absolute Gasteiger partial charge is 0.306 e. The number of rotatable bonds is 11. The topological polar surface area (TPSA) is 57.5 Å². The van der Waals surface area contributed by atoms with E-state index in [0.29, 0.717) is 37.3 Å². The van der Waals surface area contributed by atoms with Crippen LogP contribution in [-0.4, -0.2) is 29.5 Å². The number of hydrogen-bond donors (Lipinski definition) is 0. The van der Waals surface area contributed by atoms with Gasteiger partial charge >= 0.3 is 5.97 Å². The molecule has 5 heteroatoms. The Morgan fingerprint density at radius 2 is 1.70 bits per heavy atom. The van der Waals surface area contributed by atoms with Gasteiger partial charge in [0.25, 0.3) is 0 Å². The van der Waals surface area contributed by atoms with Gasteiger partial charge in [-0.05, 0) is 63.1 Å². The highest BCUT2D eigenvalue weighted by Gasteiger charge is 2.17. The molecular formula is C22H29NO4. The van der Waals surface area contributed by atoms with Gasteiger partial charge in [0.1, 0.15) is 5.75 Å². The second-order valence-electron chi connectivity index (χ2n) is 6.31. The molecule has 0 aliphatic carbocycles. The van der Waals surface area contributed by atoms with Crippen LogP contribution in [0.1, 0.15) is 61.8 Å². The van der Waals surface area contributed by atoms with Crippen molar-refractivity contribution in [3.05, 3.63) is 53.3 Å². The average Bonchev–Trinajstić information content (AvgIpc) is 3.08. The van der Waals surface area contributed by atoms with Gasteiger partial charge < -0.3 is 14.0 Å². The molecule has 0 spiro atoms. The first-order chi connectivity index (χ1) is 13.1. The number of aromatic nitrogens is 1. The third-order valence-corrected chi connectivity index (χ3v) is 4.36. The summed E-state index contributed by atoms with van der Waals surface area (Å²) in [4.78, 5) is 24.7. The van der Waals surface area contributed by atoms with Crippen LogP contribution in [0.5, 0.6) is 5.75 Å². The van der Waals surface area contributed by atoms with Gasteiger partial charge in [-0.1, -0.05) is 13.3 Å². The summed E-state index contributed by atoms with van der Waals surface area (Å²) in [5, 5.41) is 0. The molecule has 0 saturated carbocycles. The third kappa shape index (κ3) is 5.71. The molecule has 0 radical (unpaired) electrons. The lowest BCUT2D eigenvalue weighted by molar-refractivity contribution is -0.143. The van der Waals surface area contributed by atoms with Crippen molar-refractivity contribution in [1.82, 2.24) is 4.57 Å². The van der Waals surface area contributed by atoms with E-state index in [1.54, 1.807) is 19.1 Å². The van der Waals surface area contributed by atoms with E-state index in [-0.39, 0.29) is 11.8 Å². The molecule has 2 aromatic rings. The fourth-order valence-corrected chi connectivity index (χ4v) is 2.99. The minimum atomic E-state index is -0.208. The molecule has 0 bridgehead atoms. The number of esters is 1. The molecule has 27 heavy (non-hydrogen) atoms. The van der Waals surface area contributed by atoms with E-state index in [4.69, 9.17) is 9.47 Å². The molecule has 1 heterocycles. The van der Waals surface area contributed by atoms with Crippen LogP contribution in [-0.2, 0) is 22.5 Å². The SMILES string of the molecule is CCCCn1c(CCC(=O)OCC)ccc1C(=O)c1ccc(OCC)cc1.